The van der Waals surface area contributed by atoms with E-state index in [0.717, 1.165) is 28.5 Å². The molecule has 4 heteroatoms. The lowest BCUT2D eigenvalue weighted by atomic mass is 10.0. The molecule has 4 nitrogen and oxygen atoms in total. The van der Waals surface area contributed by atoms with Crippen LogP contribution < -0.4 is 10.1 Å². The SMILES string of the molecule is CNC(c1cc(C)oc1C)c1ncccc1OC. The van der Waals surface area contributed by atoms with Gasteiger partial charge in [0.15, 0.2) is 0 Å². The largest absolute Gasteiger partial charge is 0.495 e. The van der Waals surface area contributed by atoms with Crippen LogP contribution in [0.15, 0.2) is 28.8 Å². The number of aryl methyl sites for hydroxylation is 2. The van der Waals surface area contributed by atoms with E-state index >= 15 is 0 Å². The summed E-state index contributed by atoms with van der Waals surface area (Å²) in [5, 5.41) is 3.26. The number of methoxy groups -OCH3 is 1. The first-order valence-corrected chi connectivity index (χ1v) is 5.90. The third kappa shape index (κ3) is 2.24. The molecule has 0 saturated carbocycles. The number of aromatic nitrogens is 1. The fourth-order valence-corrected chi connectivity index (χ4v) is 2.17. The second-order valence-electron chi connectivity index (χ2n) is 4.18. The molecule has 0 aliphatic rings. The molecule has 0 amide bonds. The number of pyridine rings is 1. The molecule has 1 unspecified atom stereocenters. The zero-order valence-electron chi connectivity index (χ0n) is 11.2. The summed E-state index contributed by atoms with van der Waals surface area (Å²) in [4.78, 5) is 4.42. The van der Waals surface area contributed by atoms with Gasteiger partial charge >= 0.3 is 0 Å². The van der Waals surface area contributed by atoms with Crippen LogP contribution in [0.4, 0.5) is 0 Å². The first-order chi connectivity index (χ1) is 8.67. The minimum absolute atomic E-state index is 0.0291. The van der Waals surface area contributed by atoms with Gasteiger partial charge < -0.3 is 14.5 Å². The predicted molar refractivity (Wildman–Crippen MR) is 69.9 cm³/mol. The maximum absolute atomic E-state index is 5.58. The molecular formula is C14H18N2O2. The van der Waals surface area contributed by atoms with E-state index < -0.39 is 0 Å². The molecule has 0 saturated heterocycles. The number of hydrogen-bond acceptors (Lipinski definition) is 4. The first-order valence-electron chi connectivity index (χ1n) is 5.90. The van der Waals surface area contributed by atoms with Gasteiger partial charge in [-0.2, -0.15) is 0 Å². The summed E-state index contributed by atoms with van der Waals surface area (Å²) in [6.45, 7) is 3.90. The minimum atomic E-state index is -0.0291. The molecule has 2 aromatic heterocycles. The van der Waals surface area contributed by atoms with Crippen LogP contribution in [0.1, 0.15) is 28.8 Å². The first kappa shape index (κ1) is 12.6. The molecule has 0 spiro atoms. The maximum atomic E-state index is 5.58. The molecule has 0 bridgehead atoms. The van der Waals surface area contributed by atoms with Crippen LogP contribution in [0.25, 0.3) is 0 Å². The molecule has 0 aliphatic carbocycles. The summed E-state index contributed by atoms with van der Waals surface area (Å²) in [7, 11) is 3.56. The predicted octanol–water partition coefficient (Wildman–Crippen LogP) is 2.61. The Labute approximate surface area is 107 Å². The average Bonchev–Trinajstić information content (AvgIpc) is 2.70. The van der Waals surface area contributed by atoms with Crippen molar-refractivity contribution in [3.05, 3.63) is 47.2 Å². The van der Waals surface area contributed by atoms with Crippen molar-refractivity contribution in [1.82, 2.24) is 10.3 Å². The molecule has 2 heterocycles. The van der Waals surface area contributed by atoms with Crippen LogP contribution in [0.3, 0.4) is 0 Å². The third-order valence-corrected chi connectivity index (χ3v) is 2.97. The van der Waals surface area contributed by atoms with Crippen molar-refractivity contribution < 1.29 is 9.15 Å². The second kappa shape index (κ2) is 5.23. The summed E-state index contributed by atoms with van der Waals surface area (Å²) in [6.07, 6.45) is 1.77. The lowest BCUT2D eigenvalue weighted by Crippen LogP contribution is -2.19. The Kier molecular flexibility index (Phi) is 3.67. The number of hydrogen-bond donors (Lipinski definition) is 1. The molecule has 0 aliphatic heterocycles. The van der Waals surface area contributed by atoms with Crippen LogP contribution >= 0.6 is 0 Å². The van der Waals surface area contributed by atoms with Crippen LogP contribution in [-0.4, -0.2) is 19.1 Å². The Bertz CT molecular complexity index is 534. The quantitative estimate of drug-likeness (QED) is 0.900. The molecule has 1 atom stereocenters. The van der Waals surface area contributed by atoms with Crippen molar-refractivity contribution in [2.45, 2.75) is 19.9 Å². The van der Waals surface area contributed by atoms with Gasteiger partial charge in [0.05, 0.1) is 13.2 Å². The van der Waals surface area contributed by atoms with Crippen LogP contribution in [-0.2, 0) is 0 Å². The standard InChI is InChI=1S/C14H18N2O2/c1-9-8-11(10(2)18-9)13(15-3)14-12(17-4)6-5-7-16-14/h5-8,13,15H,1-4H3. The van der Waals surface area contributed by atoms with Crippen LogP contribution in [0.2, 0.25) is 0 Å². The van der Waals surface area contributed by atoms with E-state index in [4.69, 9.17) is 9.15 Å². The highest BCUT2D eigenvalue weighted by molar-refractivity contribution is 5.38. The van der Waals surface area contributed by atoms with Gasteiger partial charge in [-0.15, -0.1) is 0 Å². The number of rotatable bonds is 4. The van der Waals surface area contributed by atoms with Gasteiger partial charge in [0, 0.05) is 11.8 Å². The zero-order valence-corrected chi connectivity index (χ0v) is 11.2. The fraction of sp³-hybridized carbons (Fsp3) is 0.357. The fourth-order valence-electron chi connectivity index (χ4n) is 2.17. The van der Waals surface area contributed by atoms with E-state index in [1.54, 1.807) is 13.3 Å². The molecule has 96 valence electrons. The topological polar surface area (TPSA) is 47.3 Å². The average molecular weight is 246 g/mol. The molecule has 0 fully saturated rings. The highest BCUT2D eigenvalue weighted by atomic mass is 16.5. The normalized spacial score (nSPS) is 12.4. The molecule has 2 rings (SSSR count). The highest BCUT2D eigenvalue weighted by Gasteiger charge is 2.21. The van der Waals surface area contributed by atoms with Crippen molar-refractivity contribution in [2.75, 3.05) is 14.2 Å². The number of nitrogens with zero attached hydrogens (tertiary/aromatic N) is 1. The van der Waals surface area contributed by atoms with Gasteiger partial charge in [0.2, 0.25) is 0 Å². The summed E-state index contributed by atoms with van der Waals surface area (Å²) in [5.41, 5.74) is 1.96. The molecule has 0 radical (unpaired) electrons. The number of ether oxygens (including phenoxy) is 1. The monoisotopic (exact) mass is 246 g/mol. The zero-order chi connectivity index (χ0) is 13.1. The van der Waals surface area contributed by atoms with E-state index in [0.29, 0.717) is 0 Å². The maximum Gasteiger partial charge on any atom is 0.142 e. The lowest BCUT2D eigenvalue weighted by molar-refractivity contribution is 0.401. The van der Waals surface area contributed by atoms with Crippen molar-refractivity contribution in [1.29, 1.82) is 0 Å². The Morgan fingerprint density at radius 3 is 2.72 bits per heavy atom. The Balaban J connectivity index is 2.48. The molecule has 1 N–H and O–H groups in total. The number of nitrogens with one attached hydrogen (secondary N) is 1. The third-order valence-electron chi connectivity index (χ3n) is 2.97. The van der Waals surface area contributed by atoms with Crippen LogP contribution in [0, 0.1) is 13.8 Å². The summed E-state index contributed by atoms with van der Waals surface area (Å²) in [5.74, 6) is 2.58. The van der Waals surface area contributed by atoms with Crippen LogP contribution in [0.5, 0.6) is 5.75 Å². The van der Waals surface area contributed by atoms with Gasteiger partial charge in [0.1, 0.15) is 23.0 Å². The van der Waals surface area contributed by atoms with E-state index in [9.17, 15) is 0 Å². The molecular weight excluding hydrogens is 228 g/mol. The van der Waals surface area contributed by atoms with E-state index in [1.165, 1.54) is 0 Å². The van der Waals surface area contributed by atoms with Gasteiger partial charge in [-0.1, -0.05) is 0 Å². The Hall–Kier alpha value is -1.81. The van der Waals surface area contributed by atoms with Gasteiger partial charge in [0.25, 0.3) is 0 Å². The van der Waals surface area contributed by atoms with E-state index in [1.807, 2.05) is 39.1 Å². The smallest absolute Gasteiger partial charge is 0.142 e. The Morgan fingerprint density at radius 1 is 1.39 bits per heavy atom. The minimum Gasteiger partial charge on any atom is -0.495 e. The van der Waals surface area contributed by atoms with E-state index in [2.05, 4.69) is 10.3 Å². The van der Waals surface area contributed by atoms with Gasteiger partial charge in [-0.3, -0.25) is 4.98 Å². The molecule has 18 heavy (non-hydrogen) atoms. The van der Waals surface area contributed by atoms with Gasteiger partial charge in [-0.05, 0) is 39.1 Å². The molecule has 0 aromatic carbocycles. The van der Waals surface area contributed by atoms with Crippen molar-refractivity contribution in [3.8, 4) is 5.75 Å². The van der Waals surface area contributed by atoms with Gasteiger partial charge in [-0.25, -0.2) is 0 Å². The second-order valence-corrected chi connectivity index (χ2v) is 4.18. The summed E-state index contributed by atoms with van der Waals surface area (Å²) >= 11 is 0. The lowest BCUT2D eigenvalue weighted by Gasteiger charge is -2.17. The van der Waals surface area contributed by atoms with Crippen molar-refractivity contribution >= 4 is 0 Å². The van der Waals surface area contributed by atoms with E-state index in [-0.39, 0.29) is 6.04 Å². The summed E-state index contributed by atoms with van der Waals surface area (Å²) in [6, 6.07) is 5.78. The summed E-state index contributed by atoms with van der Waals surface area (Å²) < 4.78 is 10.9. The highest BCUT2D eigenvalue weighted by Crippen LogP contribution is 2.30. The Morgan fingerprint density at radius 2 is 2.17 bits per heavy atom. The number of furan rings is 1. The van der Waals surface area contributed by atoms with Crippen molar-refractivity contribution in [2.24, 2.45) is 0 Å². The van der Waals surface area contributed by atoms with Crippen molar-refractivity contribution in [3.63, 3.8) is 0 Å². The molecule has 2 aromatic rings.